The van der Waals surface area contributed by atoms with Gasteiger partial charge in [-0.05, 0) is 62.2 Å². The number of halogens is 1. The van der Waals surface area contributed by atoms with Crippen molar-refractivity contribution in [1.82, 2.24) is 0 Å². The summed E-state index contributed by atoms with van der Waals surface area (Å²) in [6.45, 7) is 5.36. The van der Waals surface area contributed by atoms with Crippen molar-refractivity contribution in [2.45, 2.75) is 26.8 Å². The van der Waals surface area contributed by atoms with Crippen LogP contribution < -0.4 is 14.4 Å². The van der Waals surface area contributed by atoms with Crippen LogP contribution in [0.5, 0.6) is 5.75 Å². The van der Waals surface area contributed by atoms with E-state index in [1.807, 2.05) is 19.9 Å². The summed E-state index contributed by atoms with van der Waals surface area (Å²) in [6.07, 6.45) is 1.08. The second-order valence-electron chi connectivity index (χ2n) is 6.34. The van der Waals surface area contributed by atoms with Gasteiger partial charge in [-0.1, -0.05) is 17.7 Å². The van der Waals surface area contributed by atoms with Gasteiger partial charge < -0.3 is 10.1 Å². The van der Waals surface area contributed by atoms with E-state index in [-0.39, 0.29) is 0 Å². The molecule has 2 aromatic rings. The monoisotopic (exact) mass is 410 g/mol. The van der Waals surface area contributed by atoms with Gasteiger partial charge in [-0.25, -0.2) is 8.42 Å². The van der Waals surface area contributed by atoms with Gasteiger partial charge in [0.1, 0.15) is 11.8 Å². The summed E-state index contributed by atoms with van der Waals surface area (Å²) in [7, 11) is -2.22. The Morgan fingerprint density at radius 1 is 1.15 bits per heavy atom. The van der Waals surface area contributed by atoms with Crippen LogP contribution in [0.25, 0.3) is 0 Å². The molecule has 0 radical (unpaired) electrons. The smallest absolute Gasteiger partial charge is 0.248 e. The normalized spacial score (nSPS) is 12.4. The first-order valence-corrected chi connectivity index (χ1v) is 10.5. The fraction of sp³-hybridized carbons (Fsp3) is 0.316. The molecule has 0 fully saturated rings. The van der Waals surface area contributed by atoms with Gasteiger partial charge in [0.2, 0.25) is 15.9 Å². The number of benzene rings is 2. The number of amides is 1. The molecule has 2 aromatic carbocycles. The van der Waals surface area contributed by atoms with Gasteiger partial charge in [0, 0.05) is 5.02 Å². The van der Waals surface area contributed by atoms with Crippen molar-refractivity contribution in [3.63, 3.8) is 0 Å². The molecule has 1 N–H and O–H groups in total. The Balaban J connectivity index is 2.38. The number of nitrogens with one attached hydrogen (secondary N) is 1. The molecule has 27 heavy (non-hydrogen) atoms. The van der Waals surface area contributed by atoms with Crippen LogP contribution in [0, 0.1) is 13.8 Å². The number of methoxy groups -OCH3 is 1. The number of ether oxygens (including phenoxy) is 1. The number of anilines is 2. The average Bonchev–Trinajstić information content (AvgIpc) is 2.57. The van der Waals surface area contributed by atoms with Crippen molar-refractivity contribution < 1.29 is 17.9 Å². The standard InChI is InChI=1S/C19H23ClN2O4S/c1-12-6-8-16(10-13(12)2)22(27(5,24)25)14(3)19(23)21-17-11-15(20)7-9-18(17)26-4/h6-11,14H,1-5H3,(H,21,23)/t14-/m0/s1. The molecular weight excluding hydrogens is 388 g/mol. The molecule has 0 bridgehead atoms. The second-order valence-corrected chi connectivity index (χ2v) is 8.63. The molecule has 0 saturated carbocycles. The SMILES string of the molecule is COc1ccc(Cl)cc1NC(=O)[C@H](C)N(c1ccc(C)c(C)c1)S(C)(=O)=O. The molecule has 6 nitrogen and oxygen atoms in total. The molecule has 8 heteroatoms. The Morgan fingerprint density at radius 3 is 2.37 bits per heavy atom. The average molecular weight is 411 g/mol. The number of rotatable bonds is 6. The predicted octanol–water partition coefficient (Wildman–Crippen LogP) is 3.76. The lowest BCUT2D eigenvalue weighted by molar-refractivity contribution is -0.116. The molecule has 1 amide bonds. The van der Waals surface area contributed by atoms with E-state index < -0.39 is 22.0 Å². The quantitative estimate of drug-likeness (QED) is 0.786. The van der Waals surface area contributed by atoms with Crippen LogP contribution in [0.4, 0.5) is 11.4 Å². The van der Waals surface area contributed by atoms with Crippen LogP contribution in [-0.2, 0) is 14.8 Å². The molecular formula is C19H23ClN2O4S. The lowest BCUT2D eigenvalue weighted by atomic mass is 10.1. The third-order valence-electron chi connectivity index (χ3n) is 4.25. The summed E-state index contributed by atoms with van der Waals surface area (Å²) in [5.41, 5.74) is 2.77. The van der Waals surface area contributed by atoms with Crippen LogP contribution in [0.3, 0.4) is 0 Å². The van der Waals surface area contributed by atoms with Gasteiger partial charge in [0.05, 0.1) is 24.7 Å². The zero-order valence-corrected chi connectivity index (χ0v) is 17.5. The molecule has 0 aliphatic rings. The third-order valence-corrected chi connectivity index (χ3v) is 5.73. The maximum atomic E-state index is 12.8. The summed E-state index contributed by atoms with van der Waals surface area (Å²) in [4.78, 5) is 12.8. The van der Waals surface area contributed by atoms with E-state index in [0.717, 1.165) is 21.7 Å². The number of nitrogens with zero attached hydrogens (tertiary/aromatic N) is 1. The van der Waals surface area contributed by atoms with Gasteiger partial charge in [0.15, 0.2) is 0 Å². The second kappa shape index (κ2) is 8.19. The Hall–Kier alpha value is -2.25. The van der Waals surface area contributed by atoms with E-state index in [9.17, 15) is 13.2 Å². The fourth-order valence-electron chi connectivity index (χ4n) is 2.69. The number of sulfonamides is 1. The van der Waals surface area contributed by atoms with Crippen molar-refractivity contribution in [3.05, 3.63) is 52.5 Å². The Labute approximate surface area is 165 Å². The summed E-state index contributed by atoms with van der Waals surface area (Å²) in [5, 5.41) is 3.12. The van der Waals surface area contributed by atoms with Crippen LogP contribution >= 0.6 is 11.6 Å². The topological polar surface area (TPSA) is 75.7 Å². The molecule has 0 unspecified atom stereocenters. The summed E-state index contributed by atoms with van der Waals surface area (Å²) >= 11 is 5.99. The molecule has 0 saturated heterocycles. The van der Waals surface area contributed by atoms with Crippen molar-refractivity contribution in [2.75, 3.05) is 23.0 Å². The van der Waals surface area contributed by atoms with Crippen LogP contribution in [0.15, 0.2) is 36.4 Å². The highest BCUT2D eigenvalue weighted by Gasteiger charge is 2.29. The Bertz CT molecular complexity index is 960. The number of aryl methyl sites for hydroxylation is 2. The Kier molecular flexibility index (Phi) is 6.38. The molecule has 0 aliphatic carbocycles. The number of carbonyl (C=O) groups is 1. The minimum Gasteiger partial charge on any atom is -0.495 e. The van der Waals surface area contributed by atoms with Crippen LogP contribution in [0.1, 0.15) is 18.1 Å². The maximum Gasteiger partial charge on any atom is 0.248 e. The fourth-order valence-corrected chi connectivity index (χ4v) is 4.03. The first kappa shape index (κ1) is 21.1. The number of hydrogen-bond donors (Lipinski definition) is 1. The highest BCUT2D eigenvalue weighted by atomic mass is 35.5. The van der Waals surface area contributed by atoms with Gasteiger partial charge in [-0.2, -0.15) is 0 Å². The molecule has 0 heterocycles. The van der Waals surface area contributed by atoms with Gasteiger partial charge >= 0.3 is 0 Å². The molecule has 2 rings (SSSR count). The van der Waals surface area contributed by atoms with Gasteiger partial charge in [-0.15, -0.1) is 0 Å². The largest absolute Gasteiger partial charge is 0.495 e. The maximum absolute atomic E-state index is 12.8. The summed E-state index contributed by atoms with van der Waals surface area (Å²) in [5.74, 6) is -0.0729. The lowest BCUT2D eigenvalue weighted by Gasteiger charge is -2.29. The predicted molar refractivity (Wildman–Crippen MR) is 109 cm³/mol. The first-order valence-electron chi connectivity index (χ1n) is 8.25. The molecule has 0 aromatic heterocycles. The zero-order chi connectivity index (χ0) is 20.4. The number of carbonyl (C=O) groups excluding carboxylic acids is 1. The van der Waals surface area contributed by atoms with Crippen molar-refractivity contribution >= 4 is 38.9 Å². The minimum atomic E-state index is -3.69. The summed E-state index contributed by atoms with van der Waals surface area (Å²) in [6, 6.07) is 9.09. The van der Waals surface area contributed by atoms with Crippen molar-refractivity contribution in [2.24, 2.45) is 0 Å². The highest BCUT2D eigenvalue weighted by Crippen LogP contribution is 2.29. The van der Waals surface area contributed by atoms with Gasteiger partial charge in [0.25, 0.3) is 0 Å². The molecule has 0 spiro atoms. The molecule has 1 atom stereocenters. The number of hydrogen-bond acceptors (Lipinski definition) is 4. The minimum absolute atomic E-state index is 0.371. The van der Waals surface area contributed by atoms with Crippen LogP contribution in [0.2, 0.25) is 5.02 Å². The lowest BCUT2D eigenvalue weighted by Crippen LogP contribution is -2.45. The Morgan fingerprint density at radius 2 is 1.81 bits per heavy atom. The third kappa shape index (κ3) is 4.93. The molecule has 146 valence electrons. The van der Waals surface area contributed by atoms with Gasteiger partial charge in [-0.3, -0.25) is 9.10 Å². The highest BCUT2D eigenvalue weighted by molar-refractivity contribution is 7.92. The zero-order valence-electron chi connectivity index (χ0n) is 15.9. The van der Waals surface area contributed by atoms with Crippen molar-refractivity contribution in [3.8, 4) is 5.75 Å². The van der Waals surface area contributed by atoms with E-state index >= 15 is 0 Å². The first-order chi connectivity index (χ1) is 12.5. The van der Waals surface area contributed by atoms with E-state index in [2.05, 4.69) is 5.32 Å². The van der Waals surface area contributed by atoms with Crippen LogP contribution in [-0.4, -0.2) is 33.7 Å². The van der Waals surface area contributed by atoms with E-state index in [0.29, 0.717) is 22.1 Å². The van der Waals surface area contributed by atoms with E-state index in [1.54, 1.807) is 30.3 Å². The van der Waals surface area contributed by atoms with Crippen molar-refractivity contribution in [1.29, 1.82) is 0 Å². The van der Waals surface area contributed by atoms with E-state index in [4.69, 9.17) is 16.3 Å². The molecule has 0 aliphatic heterocycles. The summed E-state index contributed by atoms with van der Waals surface area (Å²) < 4.78 is 31.1. The van der Waals surface area contributed by atoms with E-state index in [1.165, 1.54) is 14.0 Å².